The summed E-state index contributed by atoms with van der Waals surface area (Å²) in [6, 6.07) is 2.86. The molecule has 0 bridgehead atoms. The summed E-state index contributed by atoms with van der Waals surface area (Å²) in [6.45, 7) is 9.20. The average Bonchev–Trinajstić information content (AvgIpc) is 3.65. The molecule has 0 unspecified atom stereocenters. The van der Waals surface area contributed by atoms with Gasteiger partial charge in [0.25, 0.3) is 10.0 Å². The lowest BCUT2D eigenvalue weighted by atomic mass is 9.41. The maximum Gasteiger partial charge on any atom is 0.421 e. The maximum atomic E-state index is 12.8. The first kappa shape index (κ1) is 31.4. The molecular formula is C32H47N5O6S. The van der Waals surface area contributed by atoms with Crippen molar-refractivity contribution >= 4 is 16.1 Å². The van der Waals surface area contributed by atoms with Gasteiger partial charge in [0.05, 0.1) is 18.8 Å². The maximum absolute atomic E-state index is 12.8. The van der Waals surface area contributed by atoms with Crippen LogP contribution in [0, 0.1) is 52.3 Å². The summed E-state index contributed by atoms with van der Waals surface area (Å²) < 4.78 is 34.7. The summed E-state index contributed by atoms with van der Waals surface area (Å²) in [5.74, 6) is 2.44. The Morgan fingerprint density at radius 3 is 2.45 bits per heavy atom. The number of nitrogens with one attached hydrogen (secondary N) is 1. The van der Waals surface area contributed by atoms with E-state index in [1.54, 1.807) is 0 Å². The minimum atomic E-state index is -4.16. The molecule has 4 fully saturated rings. The van der Waals surface area contributed by atoms with Gasteiger partial charge in [0.2, 0.25) is 0 Å². The van der Waals surface area contributed by atoms with Crippen LogP contribution in [0.3, 0.4) is 0 Å². The van der Waals surface area contributed by atoms with E-state index in [-0.39, 0.29) is 52.3 Å². The predicted octanol–water partition coefficient (Wildman–Crippen LogP) is 4.34. The number of carbonyl (C=O) groups is 1. The lowest BCUT2D eigenvalue weighted by molar-refractivity contribution is -0.203. The van der Waals surface area contributed by atoms with Crippen molar-refractivity contribution in [3.63, 3.8) is 0 Å². The number of aromatic nitrogens is 4. The molecule has 4 saturated carbocycles. The Hall–Kier alpha value is -2.57. The third-order valence-corrected chi connectivity index (χ3v) is 13.9. The number of ether oxygens (including phenoxy) is 1. The van der Waals surface area contributed by atoms with Gasteiger partial charge in [0, 0.05) is 6.20 Å². The molecule has 0 saturated heterocycles. The fraction of sp³-hybridized carbons (Fsp3) is 0.750. The normalized spacial score (nSPS) is 39.0. The minimum Gasteiger partial charge on any atom is -0.449 e. The number of hydrogen-bond donors (Lipinski definition) is 3. The number of hydrogen-bond acceptors (Lipinski definition) is 9. The van der Waals surface area contributed by atoms with Gasteiger partial charge in [-0.1, -0.05) is 34.1 Å². The molecule has 44 heavy (non-hydrogen) atoms. The second-order valence-corrected chi connectivity index (χ2v) is 16.2. The number of carbonyl (C=O) groups excluding carboxylic acids is 1. The number of sulfonamides is 1. The van der Waals surface area contributed by atoms with Crippen molar-refractivity contribution in [1.82, 2.24) is 24.5 Å². The molecule has 242 valence electrons. The van der Waals surface area contributed by atoms with E-state index in [1.165, 1.54) is 35.6 Å². The van der Waals surface area contributed by atoms with Crippen LogP contribution < -0.4 is 4.72 Å². The number of aliphatic hydroxyl groups excluding tert-OH is 2. The molecule has 11 atom stereocenters. The first-order valence-electron chi connectivity index (χ1n) is 16.3. The van der Waals surface area contributed by atoms with Crippen molar-refractivity contribution in [2.45, 2.75) is 96.2 Å². The van der Waals surface area contributed by atoms with E-state index in [2.05, 4.69) is 42.9 Å². The van der Waals surface area contributed by atoms with Crippen LogP contribution in [0.25, 0.3) is 5.82 Å². The van der Waals surface area contributed by atoms with E-state index < -0.39 is 16.1 Å². The van der Waals surface area contributed by atoms with Crippen LogP contribution in [0.2, 0.25) is 0 Å². The standard InChI is InChI=1S/C32H47N5O6S/c1-5-22-26-14-20(38)10-12-32(26,4)25-11-13-31(3)23(7-8-24(31)28(25)29(22)39)19(2)16-43-30(40)36-44(41,42)21-6-9-27(33-15-21)37-17-34-35-18-37/h6,9,15,17-20,22-26,28-29,38-39H,5,7-8,10-14,16H2,1-4H3,(H,36,40)/t19-,20-,22-,23-,24+,25+,26+,28+,29-,31-,32-/m1/s1. The van der Waals surface area contributed by atoms with E-state index in [9.17, 15) is 23.4 Å². The molecule has 3 N–H and O–H groups in total. The Morgan fingerprint density at radius 2 is 1.77 bits per heavy atom. The van der Waals surface area contributed by atoms with Crippen LogP contribution in [0.15, 0.2) is 35.9 Å². The Morgan fingerprint density at radius 1 is 1.07 bits per heavy atom. The van der Waals surface area contributed by atoms with Crippen molar-refractivity contribution in [2.75, 3.05) is 6.61 Å². The van der Waals surface area contributed by atoms with Crippen LogP contribution in [0.1, 0.15) is 79.1 Å². The number of aliphatic hydroxyl groups is 2. The lowest BCUT2D eigenvalue weighted by Gasteiger charge is -2.64. The highest BCUT2D eigenvalue weighted by Gasteiger charge is 2.64. The van der Waals surface area contributed by atoms with Crippen molar-refractivity contribution in [1.29, 1.82) is 0 Å². The number of nitrogens with zero attached hydrogens (tertiary/aromatic N) is 4. The Labute approximate surface area is 260 Å². The van der Waals surface area contributed by atoms with Crippen LogP contribution >= 0.6 is 0 Å². The molecule has 0 aliphatic heterocycles. The van der Waals surface area contributed by atoms with Gasteiger partial charge in [-0.2, -0.15) is 0 Å². The zero-order valence-corrected chi connectivity index (χ0v) is 27.0. The van der Waals surface area contributed by atoms with Crippen LogP contribution in [-0.2, 0) is 14.8 Å². The summed E-state index contributed by atoms with van der Waals surface area (Å²) in [5.41, 5.74) is 0.162. The van der Waals surface area contributed by atoms with Gasteiger partial charge < -0.3 is 14.9 Å². The van der Waals surface area contributed by atoms with Gasteiger partial charge in [-0.25, -0.2) is 22.9 Å². The van der Waals surface area contributed by atoms with Crippen LogP contribution in [0.4, 0.5) is 4.79 Å². The third kappa shape index (κ3) is 5.24. The van der Waals surface area contributed by atoms with Crippen molar-refractivity contribution in [3.05, 3.63) is 31.0 Å². The molecule has 4 aliphatic rings. The van der Waals surface area contributed by atoms with E-state index in [1.807, 2.05) is 4.72 Å². The summed E-state index contributed by atoms with van der Waals surface area (Å²) in [4.78, 5) is 16.6. The second kappa shape index (κ2) is 11.7. The Kier molecular flexibility index (Phi) is 8.32. The smallest absolute Gasteiger partial charge is 0.421 e. The zero-order valence-electron chi connectivity index (χ0n) is 26.2. The molecule has 6 rings (SSSR count). The summed E-state index contributed by atoms with van der Waals surface area (Å²) in [6.07, 6.45) is 10.2. The average molecular weight is 630 g/mol. The van der Waals surface area contributed by atoms with Gasteiger partial charge in [0.1, 0.15) is 23.4 Å². The summed E-state index contributed by atoms with van der Waals surface area (Å²) in [5, 5.41) is 29.9. The quantitative estimate of drug-likeness (QED) is 0.405. The van der Waals surface area contributed by atoms with Gasteiger partial charge in [-0.15, -0.1) is 10.2 Å². The van der Waals surface area contributed by atoms with Gasteiger partial charge >= 0.3 is 6.09 Å². The molecule has 2 aromatic rings. The largest absolute Gasteiger partial charge is 0.449 e. The first-order valence-corrected chi connectivity index (χ1v) is 17.7. The molecule has 0 radical (unpaired) electrons. The molecule has 11 nitrogen and oxygen atoms in total. The van der Waals surface area contributed by atoms with Crippen molar-refractivity contribution in [3.8, 4) is 5.82 Å². The molecular weight excluding hydrogens is 582 g/mol. The highest BCUT2D eigenvalue weighted by Crippen LogP contribution is 2.69. The number of fused-ring (bicyclic) bond motifs is 5. The Balaban J connectivity index is 1.10. The summed E-state index contributed by atoms with van der Waals surface area (Å²) in [7, 11) is -4.16. The fourth-order valence-corrected chi connectivity index (χ4v) is 11.3. The molecule has 1 amide bonds. The predicted molar refractivity (Wildman–Crippen MR) is 162 cm³/mol. The fourth-order valence-electron chi connectivity index (χ4n) is 10.5. The molecule has 2 heterocycles. The number of pyridine rings is 1. The van der Waals surface area contributed by atoms with E-state index in [4.69, 9.17) is 4.74 Å². The Bertz CT molecular complexity index is 1440. The topological polar surface area (TPSA) is 157 Å². The van der Waals surface area contributed by atoms with Crippen LogP contribution in [0.5, 0.6) is 0 Å². The monoisotopic (exact) mass is 629 g/mol. The first-order chi connectivity index (χ1) is 20.9. The highest BCUT2D eigenvalue weighted by atomic mass is 32.2. The zero-order chi connectivity index (χ0) is 31.4. The molecule has 0 aromatic carbocycles. The third-order valence-electron chi connectivity index (χ3n) is 12.6. The summed E-state index contributed by atoms with van der Waals surface area (Å²) >= 11 is 0. The minimum absolute atomic E-state index is 0.0152. The van der Waals surface area contributed by atoms with Crippen LogP contribution in [-0.4, -0.2) is 63.3 Å². The van der Waals surface area contributed by atoms with Gasteiger partial charge in [-0.05, 0) is 109 Å². The number of amides is 1. The SMILES string of the molecule is CC[C@H]1[C@@H](O)[C@@H]2[C@H](CC[C@]3(C)[C@@H]([C@H](C)COC(=O)NS(=O)(=O)c4ccc(-n5cnnc5)nc4)CC[C@@H]23)[C@@]2(C)CC[C@@H](O)C[C@@H]12. The lowest BCUT2D eigenvalue weighted by Crippen LogP contribution is -2.62. The molecule has 2 aromatic heterocycles. The van der Waals surface area contributed by atoms with Gasteiger partial charge in [0.15, 0.2) is 0 Å². The van der Waals surface area contributed by atoms with Crippen molar-refractivity contribution < 1.29 is 28.2 Å². The molecule has 4 aliphatic carbocycles. The highest BCUT2D eigenvalue weighted by molar-refractivity contribution is 7.90. The molecule has 12 heteroatoms. The van der Waals surface area contributed by atoms with E-state index in [0.29, 0.717) is 29.5 Å². The van der Waals surface area contributed by atoms with Gasteiger partial charge in [-0.3, -0.25) is 4.57 Å². The van der Waals surface area contributed by atoms with E-state index >= 15 is 0 Å². The van der Waals surface area contributed by atoms with Crippen molar-refractivity contribution in [2.24, 2.45) is 52.3 Å². The molecule has 0 spiro atoms. The second-order valence-electron chi connectivity index (χ2n) is 14.5. The number of rotatable bonds is 7. The van der Waals surface area contributed by atoms with E-state index in [0.717, 1.165) is 51.4 Å².